The van der Waals surface area contributed by atoms with E-state index in [0.717, 1.165) is 22.4 Å². The highest BCUT2D eigenvalue weighted by atomic mass is 35.5. The molecule has 6 heteroatoms. The molecule has 3 aromatic carbocycles. The van der Waals surface area contributed by atoms with Crippen LogP contribution in [0.3, 0.4) is 0 Å². The Morgan fingerprint density at radius 3 is 1.93 bits per heavy atom. The van der Waals surface area contributed by atoms with Gasteiger partial charge in [0.25, 0.3) is 0 Å². The van der Waals surface area contributed by atoms with Gasteiger partial charge in [0.2, 0.25) is 0 Å². The summed E-state index contributed by atoms with van der Waals surface area (Å²) in [5.41, 5.74) is 2.55. The van der Waals surface area contributed by atoms with Gasteiger partial charge in [-0.1, -0.05) is 65.7 Å². The number of para-hydroxylation sites is 1. The van der Waals surface area contributed by atoms with Crippen molar-refractivity contribution in [1.29, 1.82) is 0 Å². The Morgan fingerprint density at radius 1 is 0.900 bits per heavy atom. The van der Waals surface area contributed by atoms with Crippen molar-refractivity contribution in [3.63, 3.8) is 0 Å². The lowest BCUT2D eigenvalue weighted by molar-refractivity contribution is -0.151. The van der Waals surface area contributed by atoms with E-state index in [4.69, 9.17) is 32.7 Å². The molecule has 0 radical (unpaired) electrons. The summed E-state index contributed by atoms with van der Waals surface area (Å²) in [6.45, 7) is 0.231. The third-order valence-electron chi connectivity index (χ3n) is 4.87. The van der Waals surface area contributed by atoms with E-state index in [9.17, 15) is 9.90 Å². The van der Waals surface area contributed by atoms with Crippen molar-refractivity contribution in [3.05, 3.63) is 99.5 Å². The van der Waals surface area contributed by atoms with Gasteiger partial charge in [-0.25, -0.2) is 4.79 Å². The number of halogens is 2. The SMILES string of the molecule is COc1ccccc1CCOC(C(=O)O)C(c1ccc(Cl)cc1)c1ccc(Cl)cc1. The number of hydrogen-bond donors (Lipinski definition) is 1. The summed E-state index contributed by atoms with van der Waals surface area (Å²) in [4.78, 5) is 12.2. The Balaban J connectivity index is 1.87. The molecule has 4 nitrogen and oxygen atoms in total. The van der Waals surface area contributed by atoms with Gasteiger partial charge in [-0.3, -0.25) is 0 Å². The number of carboxylic acids is 1. The minimum Gasteiger partial charge on any atom is -0.496 e. The molecule has 0 saturated carbocycles. The van der Waals surface area contributed by atoms with Crippen LogP contribution >= 0.6 is 23.2 Å². The second-order valence-corrected chi connectivity index (χ2v) is 7.65. The van der Waals surface area contributed by atoms with Crippen molar-refractivity contribution < 1.29 is 19.4 Å². The molecule has 0 saturated heterocycles. The lowest BCUT2D eigenvalue weighted by atomic mass is 9.86. The molecule has 0 aliphatic rings. The van der Waals surface area contributed by atoms with E-state index in [0.29, 0.717) is 16.5 Å². The van der Waals surface area contributed by atoms with E-state index in [1.54, 1.807) is 31.4 Å². The van der Waals surface area contributed by atoms with Crippen LogP contribution in [-0.4, -0.2) is 30.9 Å². The highest BCUT2D eigenvalue weighted by Gasteiger charge is 2.32. The topological polar surface area (TPSA) is 55.8 Å². The second kappa shape index (κ2) is 10.5. The fourth-order valence-corrected chi connectivity index (χ4v) is 3.65. The average molecular weight is 445 g/mol. The normalized spacial score (nSPS) is 12.0. The largest absolute Gasteiger partial charge is 0.496 e. The summed E-state index contributed by atoms with van der Waals surface area (Å²) in [6.07, 6.45) is -0.552. The van der Waals surface area contributed by atoms with Gasteiger partial charge in [0, 0.05) is 16.0 Å². The molecular weight excluding hydrogens is 423 g/mol. The predicted molar refractivity (Wildman–Crippen MR) is 119 cm³/mol. The molecule has 0 aliphatic heterocycles. The minimum absolute atomic E-state index is 0.231. The molecule has 156 valence electrons. The van der Waals surface area contributed by atoms with Gasteiger partial charge in [0.15, 0.2) is 6.10 Å². The zero-order valence-corrected chi connectivity index (χ0v) is 17.9. The molecule has 30 heavy (non-hydrogen) atoms. The Hall–Kier alpha value is -2.53. The van der Waals surface area contributed by atoms with E-state index in [1.165, 1.54) is 0 Å². The van der Waals surface area contributed by atoms with Crippen LogP contribution in [0.25, 0.3) is 0 Å². The van der Waals surface area contributed by atoms with Crippen LogP contribution in [0.5, 0.6) is 5.75 Å². The number of carboxylic acid groups (broad SMARTS) is 1. The Labute approximate surface area is 186 Å². The molecule has 0 aliphatic carbocycles. The fraction of sp³-hybridized carbons (Fsp3) is 0.208. The quantitative estimate of drug-likeness (QED) is 0.449. The molecule has 0 aromatic heterocycles. The number of carbonyl (C=O) groups is 1. The Morgan fingerprint density at radius 2 is 1.43 bits per heavy atom. The highest BCUT2D eigenvalue weighted by Crippen LogP contribution is 2.32. The van der Waals surface area contributed by atoms with Gasteiger partial charge in [-0.2, -0.15) is 0 Å². The van der Waals surface area contributed by atoms with Gasteiger partial charge >= 0.3 is 5.97 Å². The maximum absolute atomic E-state index is 12.2. The van der Waals surface area contributed by atoms with Crippen LogP contribution in [0.4, 0.5) is 0 Å². The van der Waals surface area contributed by atoms with E-state index >= 15 is 0 Å². The number of benzene rings is 3. The fourth-order valence-electron chi connectivity index (χ4n) is 3.40. The first kappa shape index (κ1) is 22.2. The molecule has 0 amide bonds. The molecule has 1 unspecified atom stereocenters. The number of rotatable bonds is 9. The summed E-state index contributed by atoms with van der Waals surface area (Å²) in [7, 11) is 1.61. The highest BCUT2D eigenvalue weighted by molar-refractivity contribution is 6.30. The summed E-state index contributed by atoms with van der Waals surface area (Å²) >= 11 is 12.1. The first-order valence-electron chi connectivity index (χ1n) is 9.47. The predicted octanol–water partition coefficient (Wildman–Crippen LogP) is 5.85. The van der Waals surface area contributed by atoms with Crippen LogP contribution in [0, 0.1) is 0 Å². The molecule has 3 aromatic rings. The molecule has 0 heterocycles. The molecule has 1 N–H and O–H groups in total. The Kier molecular flexibility index (Phi) is 7.75. The van der Waals surface area contributed by atoms with Crippen molar-refractivity contribution in [2.75, 3.05) is 13.7 Å². The van der Waals surface area contributed by atoms with Crippen LogP contribution in [0.2, 0.25) is 10.0 Å². The maximum atomic E-state index is 12.2. The summed E-state index contributed by atoms with van der Waals surface area (Å²) in [5, 5.41) is 11.1. The third-order valence-corrected chi connectivity index (χ3v) is 5.37. The van der Waals surface area contributed by atoms with Crippen molar-refractivity contribution in [2.24, 2.45) is 0 Å². The standard InChI is InChI=1S/C24H22Cl2O4/c1-29-21-5-3-2-4-16(21)14-15-30-23(24(27)28)22(17-6-10-19(25)11-7-17)18-8-12-20(26)13-9-18/h2-13,22-23H,14-15H2,1H3,(H,27,28). The lowest BCUT2D eigenvalue weighted by Gasteiger charge is -2.25. The van der Waals surface area contributed by atoms with Gasteiger partial charge in [-0.15, -0.1) is 0 Å². The number of hydrogen-bond acceptors (Lipinski definition) is 3. The zero-order valence-electron chi connectivity index (χ0n) is 16.4. The van der Waals surface area contributed by atoms with Gasteiger partial charge in [-0.05, 0) is 53.4 Å². The lowest BCUT2D eigenvalue weighted by Crippen LogP contribution is -2.32. The first-order valence-corrected chi connectivity index (χ1v) is 10.2. The number of aliphatic carboxylic acids is 1. The van der Waals surface area contributed by atoms with Crippen molar-refractivity contribution in [2.45, 2.75) is 18.4 Å². The van der Waals surface area contributed by atoms with E-state index in [1.807, 2.05) is 48.5 Å². The summed E-state index contributed by atoms with van der Waals surface area (Å²) < 4.78 is 11.3. The van der Waals surface area contributed by atoms with Gasteiger partial charge < -0.3 is 14.6 Å². The molecule has 3 rings (SSSR count). The van der Waals surface area contributed by atoms with Crippen LogP contribution in [0.15, 0.2) is 72.8 Å². The van der Waals surface area contributed by atoms with Crippen molar-refractivity contribution >= 4 is 29.2 Å². The smallest absolute Gasteiger partial charge is 0.333 e. The van der Waals surface area contributed by atoms with Crippen LogP contribution < -0.4 is 4.74 Å². The first-order chi connectivity index (χ1) is 14.5. The van der Waals surface area contributed by atoms with Crippen molar-refractivity contribution in [3.8, 4) is 5.75 Å². The monoisotopic (exact) mass is 444 g/mol. The van der Waals surface area contributed by atoms with Crippen LogP contribution in [-0.2, 0) is 16.0 Å². The minimum atomic E-state index is -1.08. The molecule has 1 atom stereocenters. The number of methoxy groups -OCH3 is 1. The molecule has 0 fully saturated rings. The number of ether oxygens (including phenoxy) is 2. The van der Waals surface area contributed by atoms with E-state index in [2.05, 4.69) is 0 Å². The zero-order chi connectivity index (χ0) is 21.5. The molecule has 0 spiro atoms. The van der Waals surface area contributed by atoms with Gasteiger partial charge in [0.1, 0.15) is 5.75 Å². The Bertz CT molecular complexity index is 926. The summed E-state index contributed by atoms with van der Waals surface area (Å²) in [6, 6.07) is 21.9. The second-order valence-electron chi connectivity index (χ2n) is 6.77. The molecule has 0 bridgehead atoms. The van der Waals surface area contributed by atoms with Crippen LogP contribution in [0.1, 0.15) is 22.6 Å². The van der Waals surface area contributed by atoms with E-state index < -0.39 is 18.0 Å². The van der Waals surface area contributed by atoms with E-state index in [-0.39, 0.29) is 6.61 Å². The third kappa shape index (κ3) is 5.54. The van der Waals surface area contributed by atoms with Crippen molar-refractivity contribution in [1.82, 2.24) is 0 Å². The molecular formula is C24H22Cl2O4. The average Bonchev–Trinajstić information content (AvgIpc) is 2.75. The summed E-state index contributed by atoms with van der Waals surface area (Å²) in [5.74, 6) is -0.806. The maximum Gasteiger partial charge on any atom is 0.333 e. The van der Waals surface area contributed by atoms with Gasteiger partial charge in [0.05, 0.1) is 13.7 Å².